The van der Waals surface area contributed by atoms with Crippen molar-refractivity contribution in [1.29, 1.82) is 0 Å². The average Bonchev–Trinajstić information content (AvgIpc) is 3.57. The van der Waals surface area contributed by atoms with Crippen LogP contribution in [-0.4, -0.2) is 53.0 Å². The standard InChI is InChI=1S/C32H37NO8S/c1-18(31(36)37)9-25(34)29-14-22-11-20(27(41-4)15-28(22)42-29)7-5-6-8-21-12-23-16-33(17-24(23)13-26(21)40-3)30(35)10-19(2)32(38)39/h11-15,18-19H,5-10,16-17H2,1-4H3,(H,36,37)(H,38,39)/t18-,19-/m0/s1. The maximum Gasteiger partial charge on any atom is 0.306 e. The van der Waals surface area contributed by atoms with Crippen LogP contribution >= 0.6 is 11.3 Å². The molecule has 0 saturated heterocycles. The minimum Gasteiger partial charge on any atom is -0.496 e. The monoisotopic (exact) mass is 595 g/mol. The van der Waals surface area contributed by atoms with E-state index in [-0.39, 0.29) is 24.5 Å². The Hall–Kier alpha value is -3.92. The molecule has 4 rings (SSSR count). The number of carbonyl (C=O) groups excluding carboxylic acids is 2. The summed E-state index contributed by atoms with van der Waals surface area (Å²) in [6, 6.07) is 9.92. The van der Waals surface area contributed by atoms with Gasteiger partial charge in [0.25, 0.3) is 0 Å². The van der Waals surface area contributed by atoms with Gasteiger partial charge in [0.1, 0.15) is 11.5 Å². The Kier molecular flexibility index (Phi) is 9.88. The number of nitrogens with zero attached hydrogens (tertiary/aromatic N) is 1. The van der Waals surface area contributed by atoms with Gasteiger partial charge in [-0.05, 0) is 83.7 Å². The number of unbranched alkanes of at least 4 members (excludes halogenated alkanes) is 1. The highest BCUT2D eigenvalue weighted by Crippen LogP contribution is 2.35. The van der Waals surface area contributed by atoms with Gasteiger partial charge < -0.3 is 24.6 Å². The van der Waals surface area contributed by atoms with Gasteiger partial charge in [0.2, 0.25) is 5.91 Å². The van der Waals surface area contributed by atoms with E-state index in [1.807, 2.05) is 18.2 Å². The quantitative estimate of drug-likeness (QED) is 0.179. The predicted molar refractivity (Wildman–Crippen MR) is 159 cm³/mol. The van der Waals surface area contributed by atoms with Crippen molar-refractivity contribution < 1.29 is 38.9 Å². The number of fused-ring (bicyclic) bond motifs is 2. The molecular formula is C32H37NO8S. The second-order valence-corrected chi connectivity index (χ2v) is 12.1. The van der Waals surface area contributed by atoms with Crippen molar-refractivity contribution in [3.05, 3.63) is 57.5 Å². The minimum absolute atomic E-state index is 0.0184. The Morgan fingerprint density at radius 3 is 1.95 bits per heavy atom. The third-order valence-corrected chi connectivity index (χ3v) is 8.97. The van der Waals surface area contributed by atoms with Crippen molar-refractivity contribution in [3.63, 3.8) is 0 Å². The van der Waals surface area contributed by atoms with Gasteiger partial charge in [-0.3, -0.25) is 19.2 Å². The number of ether oxygens (including phenoxy) is 2. The van der Waals surface area contributed by atoms with Crippen LogP contribution in [0.25, 0.3) is 10.1 Å². The lowest BCUT2D eigenvalue weighted by Gasteiger charge is -2.16. The first kappa shape index (κ1) is 31.0. The molecule has 10 heteroatoms. The van der Waals surface area contributed by atoms with Crippen molar-refractivity contribution in [2.45, 2.75) is 65.5 Å². The number of benzene rings is 2. The zero-order valence-corrected chi connectivity index (χ0v) is 25.2. The minimum atomic E-state index is -0.981. The molecule has 0 saturated carbocycles. The number of hydrogen-bond donors (Lipinski definition) is 2. The van der Waals surface area contributed by atoms with Crippen LogP contribution in [0.15, 0.2) is 30.3 Å². The van der Waals surface area contributed by atoms with Crippen molar-refractivity contribution in [3.8, 4) is 11.5 Å². The van der Waals surface area contributed by atoms with Crippen LogP contribution in [-0.2, 0) is 40.3 Å². The molecular weight excluding hydrogens is 558 g/mol. The molecule has 1 aliphatic rings. The molecule has 2 aromatic carbocycles. The van der Waals surface area contributed by atoms with Gasteiger partial charge in [0, 0.05) is 30.6 Å². The van der Waals surface area contributed by atoms with Gasteiger partial charge in [-0.25, -0.2) is 0 Å². The zero-order chi connectivity index (χ0) is 30.6. The molecule has 0 aliphatic carbocycles. The largest absolute Gasteiger partial charge is 0.496 e. The van der Waals surface area contributed by atoms with Crippen molar-refractivity contribution >= 4 is 45.1 Å². The highest BCUT2D eigenvalue weighted by Gasteiger charge is 2.27. The molecule has 1 aliphatic heterocycles. The second-order valence-electron chi connectivity index (χ2n) is 11.0. The first-order valence-electron chi connectivity index (χ1n) is 14.1. The lowest BCUT2D eigenvalue weighted by Crippen LogP contribution is -2.28. The summed E-state index contributed by atoms with van der Waals surface area (Å²) < 4.78 is 12.2. The predicted octanol–water partition coefficient (Wildman–Crippen LogP) is 5.73. The summed E-state index contributed by atoms with van der Waals surface area (Å²) >= 11 is 1.36. The smallest absolute Gasteiger partial charge is 0.306 e. The number of aryl methyl sites for hydroxylation is 2. The van der Waals surface area contributed by atoms with E-state index in [2.05, 4.69) is 12.1 Å². The third kappa shape index (κ3) is 7.10. The number of ketones is 1. The Morgan fingerprint density at radius 1 is 0.810 bits per heavy atom. The summed E-state index contributed by atoms with van der Waals surface area (Å²) in [5, 5.41) is 19.2. The normalized spacial score (nSPS) is 14.0. The van der Waals surface area contributed by atoms with Gasteiger partial charge in [-0.2, -0.15) is 0 Å². The SMILES string of the molecule is COc1cc2c(cc1CCCCc1cc3cc(C(=O)C[C@H](C)C(=O)O)sc3cc1OC)CN(C(=O)C[C@H](C)C(=O)O)C2. The van der Waals surface area contributed by atoms with E-state index in [1.54, 1.807) is 26.0 Å². The maximum atomic E-state index is 12.6. The van der Waals surface area contributed by atoms with E-state index in [1.165, 1.54) is 18.3 Å². The van der Waals surface area contributed by atoms with E-state index in [9.17, 15) is 19.2 Å². The summed E-state index contributed by atoms with van der Waals surface area (Å²) in [5.41, 5.74) is 4.21. The zero-order valence-electron chi connectivity index (χ0n) is 24.4. The van der Waals surface area contributed by atoms with Crippen molar-refractivity contribution in [1.82, 2.24) is 4.90 Å². The highest BCUT2D eigenvalue weighted by atomic mass is 32.1. The van der Waals surface area contributed by atoms with Crippen LogP contribution in [0.2, 0.25) is 0 Å². The second kappa shape index (κ2) is 13.4. The van der Waals surface area contributed by atoms with Gasteiger partial charge >= 0.3 is 11.9 Å². The maximum absolute atomic E-state index is 12.6. The molecule has 0 fully saturated rings. The van der Waals surface area contributed by atoms with E-state index in [0.717, 1.165) is 69.5 Å². The molecule has 0 spiro atoms. The number of aliphatic carboxylic acids is 2. The number of thiophene rings is 1. The first-order chi connectivity index (χ1) is 20.0. The van der Waals surface area contributed by atoms with Gasteiger partial charge in [-0.1, -0.05) is 13.8 Å². The number of rotatable bonds is 14. The average molecular weight is 596 g/mol. The molecule has 2 heterocycles. The van der Waals surface area contributed by atoms with E-state index in [0.29, 0.717) is 18.0 Å². The fraction of sp³-hybridized carbons (Fsp3) is 0.438. The Labute approximate surface area is 249 Å². The molecule has 2 N–H and O–H groups in total. The summed E-state index contributed by atoms with van der Waals surface area (Å²) in [5.74, 6) is -2.19. The number of carbonyl (C=O) groups is 4. The van der Waals surface area contributed by atoms with E-state index < -0.39 is 23.8 Å². The summed E-state index contributed by atoms with van der Waals surface area (Å²) in [4.78, 5) is 49.8. The molecule has 42 heavy (non-hydrogen) atoms. The van der Waals surface area contributed by atoms with E-state index >= 15 is 0 Å². The number of methoxy groups -OCH3 is 2. The molecule has 1 aromatic heterocycles. The van der Waals surface area contributed by atoms with Crippen LogP contribution in [0, 0.1) is 11.8 Å². The van der Waals surface area contributed by atoms with Gasteiger partial charge in [0.15, 0.2) is 5.78 Å². The highest BCUT2D eigenvalue weighted by molar-refractivity contribution is 7.20. The van der Waals surface area contributed by atoms with Crippen molar-refractivity contribution in [2.24, 2.45) is 11.8 Å². The molecule has 1 amide bonds. The molecule has 2 atom stereocenters. The fourth-order valence-corrected chi connectivity index (χ4v) is 6.28. The van der Waals surface area contributed by atoms with Gasteiger partial charge in [-0.15, -0.1) is 11.3 Å². The molecule has 0 unspecified atom stereocenters. The third-order valence-electron chi connectivity index (χ3n) is 7.83. The summed E-state index contributed by atoms with van der Waals surface area (Å²) in [6.07, 6.45) is 3.32. The molecule has 9 nitrogen and oxygen atoms in total. The van der Waals surface area contributed by atoms with Crippen LogP contribution in [0.1, 0.15) is 71.5 Å². The Morgan fingerprint density at radius 2 is 1.36 bits per heavy atom. The molecule has 224 valence electrons. The molecule has 0 radical (unpaired) electrons. The van der Waals surface area contributed by atoms with Gasteiger partial charge in [0.05, 0.1) is 30.9 Å². The van der Waals surface area contributed by atoms with E-state index in [4.69, 9.17) is 19.7 Å². The Balaban J connectivity index is 1.39. The number of Topliss-reactive ketones (excluding diaryl/α,β-unsaturated/α-hetero) is 1. The lowest BCUT2D eigenvalue weighted by atomic mass is 9.98. The first-order valence-corrected chi connectivity index (χ1v) is 14.9. The van der Waals surface area contributed by atoms with Crippen molar-refractivity contribution in [2.75, 3.05) is 14.2 Å². The molecule has 3 aromatic rings. The Bertz CT molecular complexity index is 1510. The topological polar surface area (TPSA) is 130 Å². The lowest BCUT2D eigenvalue weighted by molar-refractivity contribution is -0.145. The van der Waals surface area contributed by atoms with Crippen LogP contribution in [0.5, 0.6) is 11.5 Å². The number of carboxylic acid groups (broad SMARTS) is 2. The number of carboxylic acids is 2. The fourth-order valence-electron chi connectivity index (χ4n) is 5.25. The number of hydrogen-bond acceptors (Lipinski definition) is 7. The van der Waals surface area contributed by atoms with Crippen LogP contribution in [0.3, 0.4) is 0 Å². The summed E-state index contributed by atoms with van der Waals surface area (Å²) in [6.45, 7) is 4.00. The summed E-state index contributed by atoms with van der Waals surface area (Å²) in [7, 11) is 3.27. The molecule has 0 bridgehead atoms. The van der Waals surface area contributed by atoms with Crippen LogP contribution < -0.4 is 9.47 Å². The number of amides is 1. The van der Waals surface area contributed by atoms with Crippen LogP contribution in [0.4, 0.5) is 0 Å².